The van der Waals surface area contributed by atoms with Crippen LogP contribution in [0.1, 0.15) is 18.4 Å². The van der Waals surface area contributed by atoms with Crippen LogP contribution in [-0.4, -0.2) is 38.9 Å². The Morgan fingerprint density at radius 3 is 3.00 bits per heavy atom. The molecule has 0 amide bonds. The Bertz CT molecular complexity index is 760. The van der Waals surface area contributed by atoms with Gasteiger partial charge in [0.15, 0.2) is 0 Å². The van der Waals surface area contributed by atoms with Crippen LogP contribution in [0.25, 0.3) is 10.9 Å². The number of phenols is 1. The first-order valence-electron chi connectivity index (χ1n) is 8.26. The molecule has 1 unspecified atom stereocenters. The number of piperidine rings is 3. The Balaban J connectivity index is 1.68. The number of phenolic OH excluding ortho intramolecular Hbond substituents is 1. The largest absolute Gasteiger partial charge is 0.508 e. The van der Waals surface area contributed by atoms with E-state index in [2.05, 4.69) is 16.5 Å². The van der Waals surface area contributed by atoms with E-state index in [1.807, 2.05) is 18.2 Å². The van der Waals surface area contributed by atoms with Gasteiger partial charge in [0.2, 0.25) is 0 Å². The molecule has 0 aliphatic carbocycles. The molecule has 23 heavy (non-hydrogen) atoms. The lowest BCUT2D eigenvalue weighted by atomic mass is 9.72. The van der Waals surface area contributed by atoms with Crippen molar-refractivity contribution in [3.8, 4) is 5.75 Å². The van der Waals surface area contributed by atoms with E-state index < -0.39 is 5.72 Å². The molecule has 1 aromatic carbocycles. The Hall–Kier alpha value is -1.91. The summed E-state index contributed by atoms with van der Waals surface area (Å²) in [6.07, 6.45) is 6.30. The van der Waals surface area contributed by atoms with Crippen molar-refractivity contribution in [2.24, 2.45) is 11.8 Å². The van der Waals surface area contributed by atoms with Gasteiger partial charge in [-0.25, -0.2) is 0 Å². The lowest BCUT2D eigenvalue weighted by molar-refractivity contribution is -0.182. The normalized spacial score (nSPS) is 33.0. The number of hydrogen-bond acceptors (Lipinski definition) is 4. The molecule has 0 radical (unpaired) electrons. The average molecular weight is 310 g/mol. The predicted molar refractivity (Wildman–Crippen MR) is 90.0 cm³/mol. The Morgan fingerprint density at radius 2 is 2.26 bits per heavy atom. The molecule has 2 aromatic rings. The van der Waals surface area contributed by atoms with Crippen LogP contribution in [0, 0.1) is 11.8 Å². The highest BCUT2D eigenvalue weighted by Gasteiger charge is 2.47. The first-order valence-corrected chi connectivity index (χ1v) is 8.26. The second kappa shape index (κ2) is 5.32. The molecule has 0 saturated carbocycles. The number of benzene rings is 1. The lowest BCUT2D eigenvalue weighted by Gasteiger charge is -2.54. The van der Waals surface area contributed by atoms with E-state index in [0.29, 0.717) is 18.3 Å². The fourth-order valence-corrected chi connectivity index (χ4v) is 4.31. The van der Waals surface area contributed by atoms with Gasteiger partial charge >= 0.3 is 0 Å². The number of rotatable bonds is 3. The molecule has 5 rings (SSSR count). The van der Waals surface area contributed by atoms with Crippen LogP contribution in [-0.2, 0) is 6.42 Å². The first kappa shape index (κ1) is 14.7. The van der Waals surface area contributed by atoms with E-state index in [4.69, 9.17) is 0 Å². The van der Waals surface area contributed by atoms with Crippen molar-refractivity contribution in [1.29, 1.82) is 0 Å². The molecule has 3 aliphatic heterocycles. The van der Waals surface area contributed by atoms with Gasteiger partial charge in [0, 0.05) is 31.1 Å². The second-order valence-electron chi connectivity index (χ2n) is 6.93. The first-order chi connectivity index (χ1) is 11.1. The molecular weight excluding hydrogens is 288 g/mol. The standard InChI is InChI=1S/C19H22N2O2/c1-2-13-12-21-8-6-14(13)10-19(21,23)11-15-5-7-20-18-4-3-16(22)9-17(15)18/h2-5,7,9,13-14,22-23H,1,6,8,10-12H2/t13-,14+,19+/m1/s1. The van der Waals surface area contributed by atoms with Gasteiger partial charge in [-0.15, -0.1) is 6.58 Å². The Labute approximate surface area is 136 Å². The van der Waals surface area contributed by atoms with Gasteiger partial charge in [-0.05, 0) is 54.5 Å². The summed E-state index contributed by atoms with van der Waals surface area (Å²) in [5, 5.41) is 22.0. The second-order valence-corrected chi connectivity index (χ2v) is 6.93. The highest BCUT2D eigenvalue weighted by molar-refractivity contribution is 5.83. The zero-order valence-corrected chi connectivity index (χ0v) is 13.2. The van der Waals surface area contributed by atoms with E-state index in [9.17, 15) is 10.2 Å². The van der Waals surface area contributed by atoms with E-state index in [1.54, 1.807) is 18.3 Å². The molecule has 4 heteroatoms. The van der Waals surface area contributed by atoms with Crippen LogP contribution < -0.4 is 0 Å². The third-order valence-electron chi connectivity index (χ3n) is 5.58. The molecule has 120 valence electrons. The molecular formula is C19H22N2O2. The van der Waals surface area contributed by atoms with Crippen molar-refractivity contribution in [3.05, 3.63) is 48.7 Å². The summed E-state index contributed by atoms with van der Waals surface area (Å²) in [7, 11) is 0. The molecule has 0 spiro atoms. The fourth-order valence-electron chi connectivity index (χ4n) is 4.31. The average Bonchev–Trinajstić information content (AvgIpc) is 2.55. The van der Waals surface area contributed by atoms with Crippen LogP contribution in [0.3, 0.4) is 0 Å². The van der Waals surface area contributed by atoms with Gasteiger partial charge in [-0.1, -0.05) is 6.08 Å². The summed E-state index contributed by atoms with van der Waals surface area (Å²) >= 11 is 0. The molecule has 4 heterocycles. The number of pyridine rings is 1. The summed E-state index contributed by atoms with van der Waals surface area (Å²) in [5.74, 6) is 1.24. The molecule has 3 fully saturated rings. The number of aliphatic hydroxyl groups is 1. The molecule has 2 bridgehead atoms. The van der Waals surface area contributed by atoms with Crippen molar-refractivity contribution >= 4 is 10.9 Å². The number of fused-ring (bicyclic) bond motifs is 4. The summed E-state index contributed by atoms with van der Waals surface area (Å²) in [6, 6.07) is 7.16. The van der Waals surface area contributed by atoms with Crippen molar-refractivity contribution in [1.82, 2.24) is 9.88 Å². The molecule has 1 aromatic heterocycles. The van der Waals surface area contributed by atoms with E-state index in [-0.39, 0.29) is 5.75 Å². The van der Waals surface area contributed by atoms with E-state index in [0.717, 1.165) is 42.4 Å². The number of hydrogen-bond donors (Lipinski definition) is 2. The maximum Gasteiger partial charge on any atom is 0.122 e. The van der Waals surface area contributed by atoms with Crippen LogP contribution in [0.2, 0.25) is 0 Å². The number of aromatic hydroxyl groups is 1. The third kappa shape index (κ3) is 2.42. The van der Waals surface area contributed by atoms with Crippen molar-refractivity contribution in [2.45, 2.75) is 25.0 Å². The van der Waals surface area contributed by atoms with Gasteiger partial charge in [-0.3, -0.25) is 9.88 Å². The minimum Gasteiger partial charge on any atom is -0.508 e. The summed E-state index contributed by atoms with van der Waals surface area (Å²) in [4.78, 5) is 6.56. The molecule has 3 saturated heterocycles. The fraction of sp³-hybridized carbons (Fsp3) is 0.421. The van der Waals surface area contributed by atoms with Crippen LogP contribution in [0.4, 0.5) is 0 Å². The molecule has 4 atom stereocenters. The van der Waals surface area contributed by atoms with Gasteiger partial charge in [0.05, 0.1) is 5.52 Å². The van der Waals surface area contributed by atoms with Crippen molar-refractivity contribution < 1.29 is 10.2 Å². The van der Waals surface area contributed by atoms with Crippen LogP contribution >= 0.6 is 0 Å². The van der Waals surface area contributed by atoms with Crippen LogP contribution in [0.5, 0.6) is 5.75 Å². The van der Waals surface area contributed by atoms with E-state index >= 15 is 0 Å². The topological polar surface area (TPSA) is 56.6 Å². The third-order valence-corrected chi connectivity index (χ3v) is 5.58. The van der Waals surface area contributed by atoms with Gasteiger partial charge in [0.25, 0.3) is 0 Å². The molecule has 3 aliphatic rings. The summed E-state index contributed by atoms with van der Waals surface area (Å²) < 4.78 is 0. The quantitative estimate of drug-likeness (QED) is 0.856. The van der Waals surface area contributed by atoms with Gasteiger partial charge in [0.1, 0.15) is 11.5 Å². The number of aromatic nitrogens is 1. The predicted octanol–water partition coefficient (Wildman–Crippen LogP) is 2.70. The summed E-state index contributed by atoms with van der Waals surface area (Å²) in [5.41, 5.74) is 1.09. The highest BCUT2D eigenvalue weighted by Crippen LogP contribution is 2.43. The van der Waals surface area contributed by atoms with Crippen LogP contribution in [0.15, 0.2) is 43.1 Å². The zero-order valence-electron chi connectivity index (χ0n) is 13.2. The maximum absolute atomic E-state index is 11.3. The van der Waals surface area contributed by atoms with E-state index in [1.165, 1.54) is 0 Å². The number of nitrogens with zero attached hydrogens (tertiary/aromatic N) is 2. The minimum atomic E-state index is -0.803. The molecule has 4 nitrogen and oxygen atoms in total. The van der Waals surface area contributed by atoms with Crippen molar-refractivity contribution in [3.63, 3.8) is 0 Å². The maximum atomic E-state index is 11.3. The highest BCUT2D eigenvalue weighted by atomic mass is 16.3. The Morgan fingerprint density at radius 1 is 1.39 bits per heavy atom. The smallest absolute Gasteiger partial charge is 0.122 e. The molecule has 2 N–H and O–H groups in total. The van der Waals surface area contributed by atoms with Gasteiger partial charge < -0.3 is 10.2 Å². The Kier molecular flexibility index (Phi) is 3.39. The SMILES string of the molecule is C=C[C@@H]1CN2CC[C@H]1C[C@]2(O)Cc1ccnc2ccc(O)cc12. The zero-order chi connectivity index (χ0) is 16.0. The van der Waals surface area contributed by atoms with Crippen molar-refractivity contribution in [2.75, 3.05) is 13.1 Å². The lowest BCUT2D eigenvalue weighted by Crippen LogP contribution is -2.62. The summed E-state index contributed by atoms with van der Waals surface area (Å²) in [6.45, 7) is 5.77. The van der Waals surface area contributed by atoms with Gasteiger partial charge in [-0.2, -0.15) is 0 Å². The monoisotopic (exact) mass is 310 g/mol. The minimum absolute atomic E-state index is 0.232.